The molecule has 0 aliphatic rings. The summed E-state index contributed by atoms with van der Waals surface area (Å²) in [6.45, 7) is 0. The van der Waals surface area contributed by atoms with Crippen molar-refractivity contribution in [2.75, 3.05) is 0 Å². The third-order valence-electron chi connectivity index (χ3n) is 0.855. The van der Waals surface area contributed by atoms with Crippen molar-refractivity contribution in [1.29, 1.82) is 0 Å². The lowest BCUT2D eigenvalue weighted by Gasteiger charge is -2.11. The molecule has 0 aromatic heterocycles. The highest BCUT2D eigenvalue weighted by atomic mass is 19.4. The van der Waals surface area contributed by atoms with Gasteiger partial charge in [0.25, 0.3) is 5.76 Å². The summed E-state index contributed by atoms with van der Waals surface area (Å²) < 4.78 is 94.1. The van der Waals surface area contributed by atoms with Gasteiger partial charge in [-0.15, -0.1) is 0 Å². The molecule has 10 heteroatoms. The molecule has 0 aliphatic carbocycles. The van der Waals surface area contributed by atoms with Gasteiger partial charge < -0.3 is 4.74 Å². The van der Waals surface area contributed by atoms with Crippen LogP contribution >= 0.6 is 0 Å². The number of ether oxygens (including phenoxy) is 1. The van der Waals surface area contributed by atoms with E-state index in [9.17, 15) is 39.9 Å². The maximum Gasteiger partial charge on any atom is 0.491 e. The van der Waals surface area contributed by atoms with E-state index in [0.717, 1.165) is 0 Å². The van der Waals surface area contributed by atoms with Gasteiger partial charge in [0.05, 0.1) is 0 Å². The van der Waals surface area contributed by atoms with Crippen LogP contribution < -0.4 is 0 Å². The number of hydrogen-bond acceptors (Lipinski definition) is 2. The molecule has 0 rings (SSSR count). The summed E-state index contributed by atoms with van der Waals surface area (Å²) in [7, 11) is 0. The topological polar surface area (TPSA) is 26.3 Å². The number of carbonyl (C=O) groups is 1. The summed E-state index contributed by atoms with van der Waals surface area (Å²) in [5, 5.41) is 0. The van der Waals surface area contributed by atoms with Crippen molar-refractivity contribution in [3.63, 3.8) is 0 Å². The van der Waals surface area contributed by atoms with Crippen LogP contribution in [-0.4, -0.2) is 18.3 Å². The standard InChI is InChI=1S/C5F8O2/c6-2(7)1(4(8,9)10)15-3(14)5(11,12)13. The number of allylic oxidation sites excluding steroid dienone is 1. The second kappa shape index (κ2) is 4.03. The van der Waals surface area contributed by atoms with Gasteiger partial charge in [-0.05, 0) is 0 Å². The number of rotatable bonds is 1. The Hall–Kier alpha value is -1.35. The summed E-state index contributed by atoms with van der Waals surface area (Å²) in [6.07, 6.45) is -15.2. The Bertz CT molecular complexity index is 280. The van der Waals surface area contributed by atoms with Gasteiger partial charge in [-0.25, -0.2) is 4.79 Å². The zero-order chi connectivity index (χ0) is 12.4. The average molecular weight is 244 g/mol. The molecule has 0 heterocycles. The summed E-state index contributed by atoms with van der Waals surface area (Å²) in [4.78, 5) is 9.81. The molecular weight excluding hydrogens is 244 g/mol. The average Bonchev–Trinajstić information content (AvgIpc) is 1.94. The van der Waals surface area contributed by atoms with Crippen LogP contribution in [0.4, 0.5) is 35.1 Å². The van der Waals surface area contributed by atoms with Gasteiger partial charge in [0.1, 0.15) is 0 Å². The molecule has 0 saturated carbocycles. The van der Waals surface area contributed by atoms with Crippen LogP contribution in [0.5, 0.6) is 0 Å². The third-order valence-corrected chi connectivity index (χ3v) is 0.855. The number of esters is 1. The van der Waals surface area contributed by atoms with Gasteiger partial charge in [-0.1, -0.05) is 0 Å². The third kappa shape index (κ3) is 4.13. The SMILES string of the molecule is O=C(OC(=C(F)F)C(F)(F)F)C(F)(F)F. The molecule has 0 saturated heterocycles. The minimum Gasteiger partial charge on any atom is -0.409 e. The first-order valence-electron chi connectivity index (χ1n) is 2.87. The van der Waals surface area contributed by atoms with Crippen LogP contribution in [-0.2, 0) is 9.53 Å². The summed E-state index contributed by atoms with van der Waals surface area (Å²) in [5.41, 5.74) is 0. The van der Waals surface area contributed by atoms with Crippen molar-refractivity contribution < 1.29 is 44.7 Å². The fourth-order valence-corrected chi connectivity index (χ4v) is 0.354. The van der Waals surface area contributed by atoms with E-state index in [2.05, 4.69) is 4.74 Å². The van der Waals surface area contributed by atoms with Crippen molar-refractivity contribution in [3.8, 4) is 0 Å². The van der Waals surface area contributed by atoms with E-state index in [0.29, 0.717) is 0 Å². The zero-order valence-electron chi connectivity index (χ0n) is 6.34. The lowest BCUT2D eigenvalue weighted by molar-refractivity contribution is -0.207. The molecule has 0 aromatic carbocycles. The van der Waals surface area contributed by atoms with Crippen LogP contribution in [0.25, 0.3) is 0 Å². The van der Waals surface area contributed by atoms with Crippen molar-refractivity contribution in [2.45, 2.75) is 12.4 Å². The molecule has 15 heavy (non-hydrogen) atoms. The normalized spacial score (nSPS) is 12.3. The summed E-state index contributed by atoms with van der Waals surface area (Å²) >= 11 is 0. The molecule has 0 aliphatic heterocycles. The van der Waals surface area contributed by atoms with E-state index in [1.165, 1.54) is 0 Å². The molecule has 0 radical (unpaired) electrons. The molecule has 0 N–H and O–H groups in total. The van der Waals surface area contributed by atoms with E-state index in [4.69, 9.17) is 0 Å². The zero-order valence-corrected chi connectivity index (χ0v) is 6.34. The van der Waals surface area contributed by atoms with Crippen molar-refractivity contribution >= 4 is 5.97 Å². The highest BCUT2D eigenvalue weighted by Crippen LogP contribution is 2.32. The Labute approximate surface area is 76.1 Å². The van der Waals surface area contributed by atoms with E-state index < -0.39 is 30.2 Å². The quantitative estimate of drug-likeness (QED) is 0.402. The van der Waals surface area contributed by atoms with Crippen LogP contribution in [0.15, 0.2) is 11.8 Å². The fourth-order valence-electron chi connectivity index (χ4n) is 0.354. The second-order valence-corrected chi connectivity index (χ2v) is 1.97. The minimum atomic E-state index is -5.88. The van der Waals surface area contributed by atoms with E-state index >= 15 is 0 Å². The van der Waals surface area contributed by atoms with Gasteiger partial charge in [0, 0.05) is 0 Å². The van der Waals surface area contributed by atoms with E-state index in [-0.39, 0.29) is 0 Å². The number of halogens is 8. The molecule has 0 amide bonds. The Balaban J connectivity index is 4.93. The summed E-state index contributed by atoms with van der Waals surface area (Å²) in [5.74, 6) is -6.65. The lowest BCUT2D eigenvalue weighted by Crippen LogP contribution is -2.29. The highest BCUT2D eigenvalue weighted by Gasteiger charge is 2.48. The van der Waals surface area contributed by atoms with Crippen LogP contribution in [0.1, 0.15) is 0 Å². The smallest absolute Gasteiger partial charge is 0.409 e. The van der Waals surface area contributed by atoms with Gasteiger partial charge in [-0.2, -0.15) is 35.1 Å². The van der Waals surface area contributed by atoms with E-state index in [1.807, 2.05) is 0 Å². The number of carbonyl (C=O) groups excluding carboxylic acids is 1. The number of alkyl halides is 6. The van der Waals surface area contributed by atoms with Gasteiger partial charge in [0.2, 0.25) is 0 Å². The maximum absolute atomic E-state index is 11.5. The maximum atomic E-state index is 11.5. The first-order chi connectivity index (χ1) is 6.46. The fraction of sp³-hybridized carbons (Fsp3) is 0.400. The molecule has 2 nitrogen and oxygen atoms in total. The van der Waals surface area contributed by atoms with E-state index in [1.54, 1.807) is 0 Å². The molecule has 0 fully saturated rings. The molecule has 88 valence electrons. The van der Waals surface area contributed by atoms with Crippen LogP contribution in [0, 0.1) is 0 Å². The number of hydrogen-bond donors (Lipinski definition) is 0. The van der Waals surface area contributed by atoms with Crippen LogP contribution in [0.3, 0.4) is 0 Å². The molecule has 0 spiro atoms. The Morgan fingerprint density at radius 3 is 1.47 bits per heavy atom. The second-order valence-electron chi connectivity index (χ2n) is 1.97. The Morgan fingerprint density at radius 1 is 0.867 bits per heavy atom. The minimum absolute atomic E-state index is 2.48. The molecule has 0 atom stereocenters. The van der Waals surface area contributed by atoms with Crippen LogP contribution in [0.2, 0.25) is 0 Å². The van der Waals surface area contributed by atoms with Crippen molar-refractivity contribution in [1.82, 2.24) is 0 Å². The van der Waals surface area contributed by atoms with Gasteiger partial charge in [-0.3, -0.25) is 0 Å². The largest absolute Gasteiger partial charge is 0.491 e. The predicted octanol–water partition coefficient (Wildman–Crippen LogP) is 2.76. The first kappa shape index (κ1) is 13.7. The van der Waals surface area contributed by atoms with Gasteiger partial charge >= 0.3 is 24.4 Å². The van der Waals surface area contributed by atoms with Crippen molar-refractivity contribution in [3.05, 3.63) is 11.8 Å². The molecular formula is C5F8O2. The molecule has 0 aromatic rings. The molecule has 0 unspecified atom stereocenters. The monoisotopic (exact) mass is 244 g/mol. The summed E-state index contributed by atoms with van der Waals surface area (Å²) in [6, 6.07) is 0. The predicted molar refractivity (Wildman–Crippen MR) is 27.4 cm³/mol. The first-order valence-corrected chi connectivity index (χ1v) is 2.87. The van der Waals surface area contributed by atoms with Gasteiger partial charge in [0.15, 0.2) is 0 Å². The molecule has 0 bridgehead atoms. The Kier molecular flexibility index (Phi) is 3.66. The highest BCUT2D eigenvalue weighted by molar-refractivity contribution is 5.76. The Morgan fingerprint density at radius 2 is 1.27 bits per heavy atom. The van der Waals surface area contributed by atoms with Crippen molar-refractivity contribution in [2.24, 2.45) is 0 Å². The lowest BCUT2D eigenvalue weighted by atomic mass is 10.5.